The zero-order chi connectivity index (χ0) is 19.7. The van der Waals surface area contributed by atoms with Gasteiger partial charge in [0, 0.05) is 5.92 Å². The van der Waals surface area contributed by atoms with Crippen molar-refractivity contribution < 1.29 is 23.8 Å². The molecule has 28 heavy (non-hydrogen) atoms. The van der Waals surface area contributed by atoms with Gasteiger partial charge in [0.1, 0.15) is 12.4 Å². The molecule has 3 aromatic carbocycles. The number of hydrogen-bond acceptors (Lipinski definition) is 3. The highest BCUT2D eigenvalue weighted by molar-refractivity contribution is 5.90. The van der Waals surface area contributed by atoms with Crippen molar-refractivity contribution in [2.45, 2.75) is 5.92 Å². The Morgan fingerprint density at radius 3 is 2.14 bits per heavy atom. The van der Waals surface area contributed by atoms with E-state index in [4.69, 9.17) is 9.84 Å². The van der Waals surface area contributed by atoms with Gasteiger partial charge >= 0.3 is 12.1 Å². The van der Waals surface area contributed by atoms with Gasteiger partial charge in [-0.25, -0.2) is 14.0 Å². The Kier molecular flexibility index (Phi) is 4.53. The summed E-state index contributed by atoms with van der Waals surface area (Å²) in [5.41, 5.74) is 4.05. The minimum atomic E-state index is -1.24. The van der Waals surface area contributed by atoms with Crippen LogP contribution in [0.15, 0.2) is 66.7 Å². The Labute approximate surface area is 160 Å². The number of carbonyl (C=O) groups excluding carboxylic acids is 1. The molecule has 0 heterocycles. The van der Waals surface area contributed by atoms with E-state index in [1.165, 1.54) is 12.1 Å². The van der Waals surface area contributed by atoms with Crippen LogP contribution in [0.2, 0.25) is 0 Å². The van der Waals surface area contributed by atoms with Crippen LogP contribution in [-0.2, 0) is 4.74 Å². The Morgan fingerprint density at radius 1 is 0.964 bits per heavy atom. The van der Waals surface area contributed by atoms with Crippen molar-refractivity contribution in [3.8, 4) is 11.1 Å². The average Bonchev–Trinajstić information content (AvgIpc) is 3.02. The van der Waals surface area contributed by atoms with Crippen LogP contribution in [-0.4, -0.2) is 23.8 Å². The number of aromatic carboxylic acids is 1. The number of anilines is 1. The predicted molar refractivity (Wildman–Crippen MR) is 102 cm³/mol. The van der Waals surface area contributed by atoms with Crippen LogP contribution in [0.1, 0.15) is 27.4 Å². The number of benzene rings is 3. The Morgan fingerprint density at radius 2 is 1.57 bits per heavy atom. The lowest BCUT2D eigenvalue weighted by molar-refractivity contribution is 0.0696. The first-order valence-electron chi connectivity index (χ1n) is 8.69. The molecule has 0 fully saturated rings. The summed E-state index contributed by atoms with van der Waals surface area (Å²) in [7, 11) is 0. The van der Waals surface area contributed by atoms with E-state index in [1.54, 1.807) is 0 Å². The smallest absolute Gasteiger partial charge is 0.411 e. The normalized spacial score (nSPS) is 12.2. The van der Waals surface area contributed by atoms with Gasteiger partial charge in [0.2, 0.25) is 0 Å². The first-order valence-corrected chi connectivity index (χ1v) is 8.69. The number of carboxylic acids is 1. The number of hydrogen-bond donors (Lipinski definition) is 2. The van der Waals surface area contributed by atoms with E-state index in [0.29, 0.717) is 0 Å². The molecule has 5 nitrogen and oxygen atoms in total. The molecule has 0 atom stereocenters. The molecule has 6 heteroatoms. The molecule has 140 valence electrons. The number of amides is 1. The first kappa shape index (κ1) is 17.7. The second-order valence-corrected chi connectivity index (χ2v) is 6.45. The third-order valence-electron chi connectivity index (χ3n) is 4.80. The molecule has 0 saturated carbocycles. The molecule has 1 amide bonds. The lowest BCUT2D eigenvalue weighted by Gasteiger charge is -2.15. The summed E-state index contributed by atoms with van der Waals surface area (Å²) in [6, 6.07) is 19.2. The van der Waals surface area contributed by atoms with Crippen molar-refractivity contribution in [2.75, 3.05) is 11.9 Å². The molecule has 0 spiro atoms. The van der Waals surface area contributed by atoms with Gasteiger partial charge in [0.25, 0.3) is 0 Å². The molecule has 0 saturated heterocycles. The van der Waals surface area contributed by atoms with E-state index < -0.39 is 17.9 Å². The van der Waals surface area contributed by atoms with Gasteiger partial charge in [0.05, 0.1) is 11.3 Å². The number of rotatable bonds is 4. The Bertz CT molecular complexity index is 1030. The summed E-state index contributed by atoms with van der Waals surface area (Å²) in [6.07, 6.45) is -0.802. The fraction of sp³-hybridized carbons (Fsp3) is 0.0909. The van der Waals surface area contributed by atoms with Crippen molar-refractivity contribution in [1.29, 1.82) is 0 Å². The average molecular weight is 377 g/mol. The van der Waals surface area contributed by atoms with E-state index in [-0.39, 0.29) is 23.8 Å². The van der Waals surface area contributed by atoms with Crippen molar-refractivity contribution in [1.82, 2.24) is 0 Å². The molecule has 0 aliphatic heterocycles. The van der Waals surface area contributed by atoms with Gasteiger partial charge in [-0.05, 0) is 40.5 Å². The highest BCUT2D eigenvalue weighted by atomic mass is 19.1. The van der Waals surface area contributed by atoms with Crippen molar-refractivity contribution in [3.05, 3.63) is 89.2 Å². The van der Waals surface area contributed by atoms with Gasteiger partial charge in [-0.2, -0.15) is 0 Å². The molecule has 3 aromatic rings. The SMILES string of the molecule is O=C(Nc1ccc(C(=O)O)cc1F)OCC1c2ccccc2-c2ccccc21. The van der Waals surface area contributed by atoms with Crippen LogP contribution < -0.4 is 5.32 Å². The van der Waals surface area contributed by atoms with Crippen LogP contribution in [0, 0.1) is 5.82 Å². The van der Waals surface area contributed by atoms with Gasteiger partial charge < -0.3 is 9.84 Å². The number of carboxylic acid groups (broad SMARTS) is 1. The van der Waals surface area contributed by atoms with Crippen molar-refractivity contribution in [3.63, 3.8) is 0 Å². The van der Waals surface area contributed by atoms with E-state index in [9.17, 15) is 14.0 Å². The highest BCUT2D eigenvalue weighted by Crippen LogP contribution is 2.44. The third kappa shape index (κ3) is 3.20. The van der Waals surface area contributed by atoms with Gasteiger partial charge in [-0.3, -0.25) is 5.32 Å². The highest BCUT2D eigenvalue weighted by Gasteiger charge is 2.29. The maximum atomic E-state index is 14.0. The lowest BCUT2D eigenvalue weighted by Crippen LogP contribution is -2.18. The zero-order valence-electron chi connectivity index (χ0n) is 14.7. The number of nitrogens with one attached hydrogen (secondary N) is 1. The lowest BCUT2D eigenvalue weighted by atomic mass is 9.98. The molecule has 1 aliphatic rings. The fourth-order valence-electron chi connectivity index (χ4n) is 3.49. The molecule has 0 aromatic heterocycles. The monoisotopic (exact) mass is 377 g/mol. The largest absolute Gasteiger partial charge is 0.478 e. The van der Waals surface area contributed by atoms with E-state index in [1.807, 2.05) is 48.5 Å². The number of fused-ring (bicyclic) bond motifs is 3. The second kappa shape index (κ2) is 7.15. The number of ether oxygens (including phenoxy) is 1. The van der Waals surface area contributed by atoms with Gasteiger partial charge in [-0.1, -0.05) is 48.5 Å². The maximum absolute atomic E-state index is 14.0. The fourth-order valence-corrected chi connectivity index (χ4v) is 3.49. The maximum Gasteiger partial charge on any atom is 0.411 e. The molecular formula is C22H16FNO4. The molecule has 0 radical (unpaired) electrons. The Hall–Kier alpha value is -3.67. The Balaban J connectivity index is 1.48. The molecule has 4 rings (SSSR count). The van der Waals surface area contributed by atoms with Crippen LogP contribution in [0.3, 0.4) is 0 Å². The van der Waals surface area contributed by atoms with E-state index in [0.717, 1.165) is 28.3 Å². The van der Waals surface area contributed by atoms with Crippen molar-refractivity contribution >= 4 is 17.7 Å². The summed E-state index contributed by atoms with van der Waals surface area (Å²) in [5, 5.41) is 11.2. The second-order valence-electron chi connectivity index (χ2n) is 6.45. The first-order chi connectivity index (χ1) is 13.5. The summed E-state index contributed by atoms with van der Waals surface area (Å²) in [4.78, 5) is 23.0. The number of halogens is 1. The third-order valence-corrected chi connectivity index (χ3v) is 4.80. The topological polar surface area (TPSA) is 75.6 Å². The zero-order valence-corrected chi connectivity index (χ0v) is 14.7. The quantitative estimate of drug-likeness (QED) is 0.679. The predicted octanol–water partition coefficient (Wildman–Crippen LogP) is 4.88. The molecule has 1 aliphatic carbocycles. The molecule has 0 unspecified atom stereocenters. The minimum Gasteiger partial charge on any atom is -0.478 e. The number of carbonyl (C=O) groups is 2. The summed E-state index contributed by atoms with van der Waals surface area (Å²) < 4.78 is 19.3. The van der Waals surface area contributed by atoms with Crippen LogP contribution in [0.5, 0.6) is 0 Å². The summed E-state index contributed by atoms with van der Waals surface area (Å²) >= 11 is 0. The van der Waals surface area contributed by atoms with E-state index >= 15 is 0 Å². The molecule has 0 bridgehead atoms. The van der Waals surface area contributed by atoms with Crippen molar-refractivity contribution in [2.24, 2.45) is 0 Å². The summed E-state index contributed by atoms with van der Waals surface area (Å²) in [5.74, 6) is -2.18. The standard InChI is InChI=1S/C22H16FNO4/c23-19-11-13(21(25)26)9-10-20(19)24-22(27)28-12-18-16-7-3-1-5-14(16)15-6-2-4-8-17(15)18/h1-11,18H,12H2,(H,24,27)(H,25,26). The summed E-state index contributed by atoms with van der Waals surface area (Å²) in [6.45, 7) is 0.106. The van der Waals surface area contributed by atoms with Crippen LogP contribution in [0.4, 0.5) is 14.9 Å². The van der Waals surface area contributed by atoms with Crippen LogP contribution in [0.25, 0.3) is 11.1 Å². The van der Waals surface area contributed by atoms with E-state index in [2.05, 4.69) is 5.32 Å². The van der Waals surface area contributed by atoms with Crippen LogP contribution >= 0.6 is 0 Å². The van der Waals surface area contributed by atoms with Gasteiger partial charge in [0.15, 0.2) is 0 Å². The molecule has 2 N–H and O–H groups in total. The van der Waals surface area contributed by atoms with Gasteiger partial charge in [-0.15, -0.1) is 0 Å². The minimum absolute atomic E-state index is 0.0996. The molecular weight excluding hydrogens is 361 g/mol.